The molecule has 0 saturated carbocycles. The minimum Gasteiger partial charge on any atom is -0.324 e. The van der Waals surface area contributed by atoms with Crippen molar-refractivity contribution in [2.24, 2.45) is 5.73 Å². The van der Waals surface area contributed by atoms with Gasteiger partial charge in [0.25, 0.3) is 0 Å². The molecule has 0 aliphatic carbocycles. The van der Waals surface area contributed by atoms with Crippen molar-refractivity contribution >= 4 is 10.9 Å². The zero-order valence-electron chi connectivity index (χ0n) is 10.3. The van der Waals surface area contributed by atoms with Gasteiger partial charge in [0.1, 0.15) is 0 Å². The number of hydrogen-bond acceptors (Lipinski definition) is 2. The van der Waals surface area contributed by atoms with Crippen LogP contribution in [0.2, 0.25) is 0 Å². The quantitative estimate of drug-likeness (QED) is 0.791. The number of pyridine rings is 1. The van der Waals surface area contributed by atoms with Crippen molar-refractivity contribution in [3.63, 3.8) is 0 Å². The molecule has 0 bridgehead atoms. The Labute approximate surface area is 96.5 Å². The lowest BCUT2D eigenvalue weighted by molar-refractivity contribution is 0.818. The topological polar surface area (TPSA) is 38.9 Å². The molecule has 16 heavy (non-hydrogen) atoms. The highest BCUT2D eigenvalue weighted by Crippen LogP contribution is 2.25. The van der Waals surface area contributed by atoms with Crippen molar-refractivity contribution in [3.8, 4) is 0 Å². The fourth-order valence-corrected chi connectivity index (χ4v) is 2.12. The second-order valence-electron chi connectivity index (χ2n) is 4.60. The Hall–Kier alpha value is -1.41. The van der Waals surface area contributed by atoms with Crippen molar-refractivity contribution in [3.05, 3.63) is 40.6 Å². The van der Waals surface area contributed by atoms with Gasteiger partial charge in [0.2, 0.25) is 0 Å². The molecule has 2 N–H and O–H groups in total. The first-order valence-corrected chi connectivity index (χ1v) is 5.63. The average Bonchev–Trinajstić information content (AvgIpc) is 2.19. The van der Waals surface area contributed by atoms with Gasteiger partial charge in [-0.2, -0.15) is 0 Å². The van der Waals surface area contributed by atoms with Gasteiger partial charge in [0.05, 0.1) is 5.52 Å². The zero-order chi connectivity index (χ0) is 11.9. The van der Waals surface area contributed by atoms with Gasteiger partial charge in [-0.1, -0.05) is 6.07 Å². The van der Waals surface area contributed by atoms with Crippen LogP contribution in [0.25, 0.3) is 10.9 Å². The predicted molar refractivity (Wildman–Crippen MR) is 68.6 cm³/mol. The monoisotopic (exact) mass is 214 g/mol. The largest absolute Gasteiger partial charge is 0.324 e. The summed E-state index contributed by atoms with van der Waals surface area (Å²) in [5.74, 6) is 0. The Kier molecular flexibility index (Phi) is 2.68. The highest BCUT2D eigenvalue weighted by molar-refractivity contribution is 5.85. The fourth-order valence-electron chi connectivity index (χ4n) is 2.12. The molecule has 1 aromatic carbocycles. The van der Waals surface area contributed by atoms with Crippen LogP contribution in [0.4, 0.5) is 0 Å². The third-order valence-corrected chi connectivity index (χ3v) is 2.99. The Morgan fingerprint density at radius 3 is 2.38 bits per heavy atom. The summed E-state index contributed by atoms with van der Waals surface area (Å²) >= 11 is 0. The van der Waals surface area contributed by atoms with Crippen molar-refractivity contribution in [1.29, 1.82) is 0 Å². The minimum atomic E-state index is 0.0730. The fraction of sp³-hybridized carbons (Fsp3) is 0.357. The Balaban J connectivity index is 2.82. The lowest BCUT2D eigenvalue weighted by Crippen LogP contribution is -2.05. The third kappa shape index (κ3) is 1.81. The first-order valence-electron chi connectivity index (χ1n) is 5.63. The van der Waals surface area contributed by atoms with Crippen molar-refractivity contribution in [2.45, 2.75) is 33.7 Å². The molecule has 2 heteroatoms. The van der Waals surface area contributed by atoms with E-state index in [-0.39, 0.29) is 6.04 Å². The van der Waals surface area contributed by atoms with E-state index in [0.717, 1.165) is 11.2 Å². The SMILES string of the molecule is Cc1cc(C)c2cc(C(C)N)cc(C)c2n1. The molecule has 1 unspecified atom stereocenters. The maximum Gasteiger partial charge on any atom is 0.0737 e. The summed E-state index contributed by atoms with van der Waals surface area (Å²) in [5, 5.41) is 1.22. The number of aryl methyl sites for hydroxylation is 3. The van der Waals surface area contributed by atoms with Gasteiger partial charge in [-0.25, -0.2) is 0 Å². The number of benzene rings is 1. The molecule has 2 rings (SSSR count). The van der Waals surface area contributed by atoms with E-state index in [9.17, 15) is 0 Å². The molecule has 0 radical (unpaired) electrons. The summed E-state index contributed by atoms with van der Waals surface area (Å²) in [6, 6.07) is 6.49. The Morgan fingerprint density at radius 2 is 1.75 bits per heavy atom. The molecule has 0 aliphatic rings. The molecule has 1 aromatic heterocycles. The number of nitrogens with two attached hydrogens (primary N) is 1. The molecule has 0 amide bonds. The Bertz CT molecular complexity index is 542. The zero-order valence-corrected chi connectivity index (χ0v) is 10.3. The summed E-state index contributed by atoms with van der Waals surface area (Å²) in [6.45, 7) is 8.27. The Morgan fingerprint density at radius 1 is 1.06 bits per heavy atom. The minimum absolute atomic E-state index is 0.0730. The highest BCUT2D eigenvalue weighted by atomic mass is 14.7. The molecule has 0 saturated heterocycles. The standard InChI is InChI=1S/C14H18N2/c1-8-5-10(3)16-14-9(2)6-12(11(4)15)7-13(8)14/h5-7,11H,15H2,1-4H3. The van der Waals surface area contributed by atoms with Gasteiger partial charge in [0.15, 0.2) is 0 Å². The van der Waals surface area contributed by atoms with Crippen LogP contribution in [0.1, 0.15) is 35.3 Å². The molecule has 1 atom stereocenters. The summed E-state index contributed by atoms with van der Waals surface area (Å²) in [5.41, 5.74) is 11.8. The van der Waals surface area contributed by atoms with Crippen molar-refractivity contribution < 1.29 is 0 Å². The number of rotatable bonds is 1. The van der Waals surface area contributed by atoms with Gasteiger partial charge in [0, 0.05) is 17.1 Å². The average molecular weight is 214 g/mol. The molecule has 2 nitrogen and oxygen atoms in total. The lowest BCUT2D eigenvalue weighted by atomic mass is 9.99. The summed E-state index contributed by atoms with van der Waals surface area (Å²) in [4.78, 5) is 4.60. The van der Waals surface area contributed by atoms with Crippen molar-refractivity contribution in [1.82, 2.24) is 4.98 Å². The maximum atomic E-state index is 5.93. The molecule has 84 valence electrons. The number of fused-ring (bicyclic) bond motifs is 1. The van der Waals surface area contributed by atoms with Gasteiger partial charge in [-0.05, 0) is 56.5 Å². The van der Waals surface area contributed by atoms with Crippen LogP contribution in [0, 0.1) is 20.8 Å². The van der Waals surface area contributed by atoms with Crippen LogP contribution in [0.15, 0.2) is 18.2 Å². The molecule has 0 aliphatic heterocycles. The van der Waals surface area contributed by atoms with E-state index in [2.05, 4.69) is 37.0 Å². The predicted octanol–water partition coefficient (Wildman–Crippen LogP) is 3.18. The molecular formula is C14H18N2. The normalized spacial score (nSPS) is 13.1. The van der Waals surface area contributed by atoms with E-state index in [0.29, 0.717) is 0 Å². The van der Waals surface area contributed by atoms with E-state index in [1.54, 1.807) is 0 Å². The summed E-state index contributed by atoms with van der Waals surface area (Å²) in [7, 11) is 0. The van der Waals surface area contributed by atoms with E-state index < -0.39 is 0 Å². The maximum absolute atomic E-state index is 5.93. The number of aromatic nitrogens is 1. The number of nitrogens with zero attached hydrogens (tertiary/aromatic N) is 1. The van der Waals surface area contributed by atoms with Crippen LogP contribution in [0.3, 0.4) is 0 Å². The summed E-state index contributed by atoms with van der Waals surface area (Å²) in [6.07, 6.45) is 0. The van der Waals surface area contributed by atoms with Gasteiger partial charge in [-0.15, -0.1) is 0 Å². The lowest BCUT2D eigenvalue weighted by Gasteiger charge is -2.12. The van der Waals surface area contributed by atoms with E-state index in [1.807, 2.05) is 13.8 Å². The first-order chi connectivity index (χ1) is 7.49. The van der Waals surface area contributed by atoms with Crippen LogP contribution >= 0.6 is 0 Å². The highest BCUT2D eigenvalue weighted by Gasteiger charge is 2.07. The second kappa shape index (κ2) is 3.87. The summed E-state index contributed by atoms with van der Waals surface area (Å²) < 4.78 is 0. The second-order valence-corrected chi connectivity index (χ2v) is 4.60. The number of hydrogen-bond donors (Lipinski definition) is 1. The van der Waals surface area contributed by atoms with E-state index in [4.69, 9.17) is 5.73 Å². The van der Waals surface area contributed by atoms with Crippen LogP contribution in [-0.2, 0) is 0 Å². The van der Waals surface area contributed by atoms with Crippen LogP contribution < -0.4 is 5.73 Å². The third-order valence-electron chi connectivity index (χ3n) is 2.99. The molecule has 0 spiro atoms. The molecule has 1 heterocycles. The van der Waals surface area contributed by atoms with Gasteiger partial charge >= 0.3 is 0 Å². The van der Waals surface area contributed by atoms with Gasteiger partial charge in [-0.3, -0.25) is 4.98 Å². The van der Waals surface area contributed by atoms with E-state index in [1.165, 1.54) is 22.1 Å². The smallest absolute Gasteiger partial charge is 0.0737 e. The molecule has 2 aromatic rings. The van der Waals surface area contributed by atoms with Crippen LogP contribution in [0.5, 0.6) is 0 Å². The molecule has 0 fully saturated rings. The first kappa shape index (κ1) is 11.1. The van der Waals surface area contributed by atoms with Gasteiger partial charge < -0.3 is 5.73 Å². The van der Waals surface area contributed by atoms with E-state index >= 15 is 0 Å². The van der Waals surface area contributed by atoms with Crippen LogP contribution in [-0.4, -0.2) is 4.98 Å². The van der Waals surface area contributed by atoms with Crippen molar-refractivity contribution in [2.75, 3.05) is 0 Å². The molecular weight excluding hydrogens is 196 g/mol.